The fraction of sp³-hybridized carbons (Fsp3) is 0.865. The monoisotopic (exact) mass is 817 g/mol. The zero-order valence-corrected chi connectivity index (χ0v) is 38.8. The fourth-order valence-corrected chi connectivity index (χ4v) is 7.31. The van der Waals surface area contributed by atoms with Crippen LogP contribution >= 0.6 is 0 Å². The lowest BCUT2D eigenvalue weighted by Crippen LogP contribution is -2.30. The Hall–Kier alpha value is -2.11. The van der Waals surface area contributed by atoms with Crippen LogP contribution in [0.1, 0.15) is 271 Å². The molecule has 0 aromatic carbocycles. The van der Waals surface area contributed by atoms with Crippen molar-refractivity contribution in [3.05, 3.63) is 24.3 Å². The maximum Gasteiger partial charge on any atom is 0.306 e. The Kier molecular flexibility index (Phi) is 45.8. The van der Waals surface area contributed by atoms with E-state index in [2.05, 4.69) is 45.1 Å². The van der Waals surface area contributed by atoms with Crippen LogP contribution < -0.4 is 0 Å². The van der Waals surface area contributed by atoms with Gasteiger partial charge in [0.25, 0.3) is 0 Å². The van der Waals surface area contributed by atoms with Crippen LogP contribution in [0.25, 0.3) is 0 Å². The Morgan fingerprint density at radius 2 is 0.569 bits per heavy atom. The quantitative estimate of drug-likeness (QED) is 0.0263. The van der Waals surface area contributed by atoms with E-state index in [1.165, 1.54) is 161 Å². The van der Waals surface area contributed by atoms with Gasteiger partial charge in [0.1, 0.15) is 13.2 Å². The van der Waals surface area contributed by atoms with Crippen molar-refractivity contribution in [3.63, 3.8) is 0 Å². The lowest BCUT2D eigenvalue weighted by molar-refractivity contribution is -0.167. The van der Waals surface area contributed by atoms with Gasteiger partial charge in [0, 0.05) is 19.3 Å². The molecular weight excluding hydrogens is 721 g/mol. The maximum atomic E-state index is 12.8. The predicted molar refractivity (Wildman–Crippen MR) is 247 cm³/mol. The van der Waals surface area contributed by atoms with Crippen molar-refractivity contribution >= 4 is 17.9 Å². The first kappa shape index (κ1) is 55.9. The van der Waals surface area contributed by atoms with Crippen LogP contribution in [-0.2, 0) is 28.6 Å². The summed E-state index contributed by atoms with van der Waals surface area (Å²) >= 11 is 0. The highest BCUT2D eigenvalue weighted by molar-refractivity contribution is 5.71. The Morgan fingerprint density at radius 3 is 0.897 bits per heavy atom. The van der Waals surface area contributed by atoms with Gasteiger partial charge in [0.15, 0.2) is 6.10 Å². The van der Waals surface area contributed by atoms with E-state index in [0.717, 1.165) is 70.6 Å². The number of ether oxygens (including phenoxy) is 3. The summed E-state index contributed by atoms with van der Waals surface area (Å²) in [6.45, 7) is 6.61. The van der Waals surface area contributed by atoms with E-state index in [1.54, 1.807) is 0 Å². The molecule has 0 aliphatic rings. The molecule has 58 heavy (non-hydrogen) atoms. The predicted octanol–water partition coefficient (Wildman–Crippen LogP) is 16.4. The molecule has 0 fully saturated rings. The Labute approximate surface area is 360 Å². The molecular formula is C52H96O6. The molecule has 0 heterocycles. The number of esters is 3. The summed E-state index contributed by atoms with van der Waals surface area (Å²) < 4.78 is 16.8. The van der Waals surface area contributed by atoms with Gasteiger partial charge in [-0.05, 0) is 70.6 Å². The van der Waals surface area contributed by atoms with E-state index >= 15 is 0 Å². The molecule has 0 N–H and O–H groups in total. The van der Waals surface area contributed by atoms with E-state index in [4.69, 9.17) is 14.2 Å². The lowest BCUT2D eigenvalue weighted by atomic mass is 10.0. The molecule has 0 radical (unpaired) electrons. The number of carbonyl (C=O) groups is 3. The minimum absolute atomic E-state index is 0.0748. The summed E-state index contributed by atoms with van der Waals surface area (Å²) in [6, 6.07) is 0. The van der Waals surface area contributed by atoms with Crippen LogP contribution in [0, 0.1) is 0 Å². The number of unbranched alkanes of at least 4 members (excludes halogenated alkanes) is 31. The summed E-state index contributed by atoms with van der Waals surface area (Å²) in [6.07, 6.45) is 53.0. The zero-order valence-electron chi connectivity index (χ0n) is 38.8. The third kappa shape index (κ3) is 45.0. The molecule has 0 saturated carbocycles. The summed E-state index contributed by atoms with van der Waals surface area (Å²) in [4.78, 5) is 37.9. The van der Waals surface area contributed by atoms with E-state index in [9.17, 15) is 14.4 Å². The molecule has 1 atom stereocenters. The molecule has 0 aliphatic heterocycles. The molecule has 0 amide bonds. The molecule has 0 rings (SSSR count). The second-order valence-corrected chi connectivity index (χ2v) is 17.1. The molecule has 340 valence electrons. The van der Waals surface area contributed by atoms with E-state index in [1.807, 2.05) is 0 Å². The van der Waals surface area contributed by atoms with Crippen molar-refractivity contribution in [1.82, 2.24) is 0 Å². The average molecular weight is 817 g/mol. The van der Waals surface area contributed by atoms with Gasteiger partial charge in [-0.2, -0.15) is 0 Å². The average Bonchev–Trinajstić information content (AvgIpc) is 3.22. The largest absolute Gasteiger partial charge is 0.462 e. The van der Waals surface area contributed by atoms with Crippen molar-refractivity contribution in [1.29, 1.82) is 0 Å². The van der Waals surface area contributed by atoms with Gasteiger partial charge in [-0.15, -0.1) is 0 Å². The summed E-state index contributed by atoms with van der Waals surface area (Å²) in [5.74, 6) is -0.880. The number of hydrogen-bond donors (Lipinski definition) is 0. The molecule has 6 nitrogen and oxygen atoms in total. The van der Waals surface area contributed by atoms with Gasteiger partial charge in [-0.1, -0.05) is 206 Å². The van der Waals surface area contributed by atoms with Crippen LogP contribution in [0.5, 0.6) is 0 Å². The van der Waals surface area contributed by atoms with Gasteiger partial charge >= 0.3 is 17.9 Å². The number of carbonyl (C=O) groups excluding carboxylic acids is 3. The van der Waals surface area contributed by atoms with Gasteiger partial charge < -0.3 is 14.2 Å². The highest BCUT2D eigenvalue weighted by atomic mass is 16.6. The minimum atomic E-state index is -0.772. The molecule has 0 saturated heterocycles. The number of allylic oxidation sites excluding steroid dienone is 4. The van der Waals surface area contributed by atoms with Crippen molar-refractivity contribution in [2.24, 2.45) is 0 Å². The van der Waals surface area contributed by atoms with Crippen LogP contribution in [0.15, 0.2) is 24.3 Å². The molecule has 0 spiro atoms. The first-order valence-electron chi connectivity index (χ1n) is 25.3. The van der Waals surface area contributed by atoms with Gasteiger partial charge in [0.05, 0.1) is 0 Å². The van der Waals surface area contributed by atoms with Crippen LogP contribution in [0.3, 0.4) is 0 Å². The Morgan fingerprint density at radius 1 is 0.328 bits per heavy atom. The topological polar surface area (TPSA) is 78.9 Å². The van der Waals surface area contributed by atoms with Gasteiger partial charge in [-0.3, -0.25) is 14.4 Å². The zero-order chi connectivity index (χ0) is 42.3. The second kappa shape index (κ2) is 47.6. The normalized spacial score (nSPS) is 12.1. The standard InChI is InChI=1S/C52H96O6/c1-4-7-10-13-16-19-22-25-27-30-33-36-39-42-45-51(54)57-48-49(47-56-50(53)44-41-38-35-32-29-24-21-18-15-12-9-6-3)58-52(55)46-43-40-37-34-31-28-26-23-20-17-14-11-8-5-2/h18,21-22,25,49H,4-17,19-20,23-24,26-48H2,1-3H3/b21-18-,25-22-/t49-/m1/s1. The van der Waals surface area contributed by atoms with E-state index in [-0.39, 0.29) is 31.1 Å². The van der Waals surface area contributed by atoms with Crippen molar-refractivity contribution < 1.29 is 28.6 Å². The molecule has 0 aliphatic carbocycles. The summed E-state index contributed by atoms with van der Waals surface area (Å²) in [5, 5.41) is 0. The van der Waals surface area contributed by atoms with Crippen molar-refractivity contribution in [2.75, 3.05) is 13.2 Å². The van der Waals surface area contributed by atoms with Gasteiger partial charge in [0.2, 0.25) is 0 Å². The minimum Gasteiger partial charge on any atom is -0.462 e. The molecule has 0 aromatic heterocycles. The lowest BCUT2D eigenvalue weighted by Gasteiger charge is -2.18. The number of hydrogen-bond acceptors (Lipinski definition) is 6. The van der Waals surface area contributed by atoms with Crippen molar-refractivity contribution in [2.45, 2.75) is 277 Å². The highest BCUT2D eigenvalue weighted by Gasteiger charge is 2.19. The van der Waals surface area contributed by atoms with E-state index in [0.29, 0.717) is 19.3 Å². The van der Waals surface area contributed by atoms with Crippen molar-refractivity contribution in [3.8, 4) is 0 Å². The Balaban J connectivity index is 4.36. The van der Waals surface area contributed by atoms with Gasteiger partial charge in [-0.25, -0.2) is 0 Å². The highest BCUT2D eigenvalue weighted by Crippen LogP contribution is 2.15. The summed E-state index contributed by atoms with van der Waals surface area (Å²) in [7, 11) is 0. The van der Waals surface area contributed by atoms with Crippen LogP contribution in [-0.4, -0.2) is 37.2 Å². The molecule has 6 heteroatoms. The smallest absolute Gasteiger partial charge is 0.306 e. The van der Waals surface area contributed by atoms with Crippen LogP contribution in [0.4, 0.5) is 0 Å². The SMILES string of the molecule is CCCCC/C=C\CCCCCCCC(=O)OC[C@H](COC(=O)CCCCCCC/C=C\CCCCCCC)OC(=O)CCCCCCCCCCCCCCCC. The first-order chi connectivity index (χ1) is 28.5. The van der Waals surface area contributed by atoms with E-state index < -0.39 is 6.10 Å². The third-order valence-corrected chi connectivity index (χ3v) is 11.2. The molecule has 0 unspecified atom stereocenters. The molecule has 0 aromatic rings. The maximum absolute atomic E-state index is 12.8. The molecule has 0 bridgehead atoms. The van der Waals surface area contributed by atoms with Crippen LogP contribution in [0.2, 0.25) is 0 Å². The fourth-order valence-electron chi connectivity index (χ4n) is 7.31. The summed E-state index contributed by atoms with van der Waals surface area (Å²) in [5.41, 5.74) is 0. The first-order valence-corrected chi connectivity index (χ1v) is 25.3. The second-order valence-electron chi connectivity index (χ2n) is 17.1. The number of rotatable bonds is 46. The third-order valence-electron chi connectivity index (χ3n) is 11.2. The Bertz CT molecular complexity index is 942.